The van der Waals surface area contributed by atoms with E-state index >= 15 is 0 Å². The van der Waals surface area contributed by atoms with E-state index < -0.39 is 0 Å². The Kier molecular flexibility index (Phi) is 3.51. The quantitative estimate of drug-likeness (QED) is 0.806. The fourth-order valence-corrected chi connectivity index (χ4v) is 2.52. The third kappa shape index (κ3) is 2.40. The Morgan fingerprint density at radius 1 is 1.27 bits per heavy atom. The van der Waals surface area contributed by atoms with Crippen molar-refractivity contribution in [2.45, 2.75) is 26.7 Å². The molecule has 0 saturated carbocycles. The van der Waals surface area contributed by atoms with Crippen molar-refractivity contribution in [2.75, 3.05) is 0 Å². The molecule has 3 aromatic rings. The number of hydrogen-bond acceptors (Lipinski definition) is 3. The van der Waals surface area contributed by atoms with Crippen molar-refractivity contribution in [1.82, 2.24) is 14.6 Å². The molecule has 0 spiro atoms. The van der Waals surface area contributed by atoms with Crippen molar-refractivity contribution < 1.29 is 0 Å². The second kappa shape index (κ2) is 5.49. The zero-order chi connectivity index (χ0) is 15.7. The van der Waals surface area contributed by atoms with E-state index in [2.05, 4.69) is 16.2 Å². The number of rotatable bonds is 3. The van der Waals surface area contributed by atoms with E-state index in [1.807, 2.05) is 44.2 Å². The summed E-state index contributed by atoms with van der Waals surface area (Å²) in [6.07, 6.45) is 0.741. The fourth-order valence-electron chi connectivity index (χ4n) is 2.52. The van der Waals surface area contributed by atoms with Crippen LogP contribution in [0.25, 0.3) is 16.9 Å². The van der Waals surface area contributed by atoms with Crippen LogP contribution in [0.15, 0.2) is 35.1 Å². The average molecular weight is 292 g/mol. The van der Waals surface area contributed by atoms with Crippen LogP contribution in [-0.4, -0.2) is 14.6 Å². The van der Waals surface area contributed by atoms with E-state index in [9.17, 15) is 4.79 Å². The van der Waals surface area contributed by atoms with Gasteiger partial charge in [-0.1, -0.05) is 29.8 Å². The Labute approximate surface area is 127 Å². The lowest BCUT2D eigenvalue weighted by Crippen LogP contribution is -2.21. The van der Waals surface area contributed by atoms with E-state index in [0.717, 1.165) is 11.3 Å². The Bertz CT molecular complexity index is 926. The second-order valence-electron chi connectivity index (χ2n) is 5.37. The average Bonchev–Trinajstić information content (AvgIpc) is 2.92. The van der Waals surface area contributed by atoms with Crippen molar-refractivity contribution in [2.24, 2.45) is 0 Å². The summed E-state index contributed by atoms with van der Waals surface area (Å²) in [5, 5.41) is 11.8. The number of aryl methyl sites for hydroxylation is 2. The van der Waals surface area contributed by atoms with Crippen LogP contribution in [0.2, 0.25) is 0 Å². The molecule has 0 atom stereocenters. The molecule has 22 heavy (non-hydrogen) atoms. The topological polar surface area (TPSA) is 73.9 Å². The number of nitrogens with zero attached hydrogens (tertiary/aromatic N) is 3. The molecular weight excluding hydrogens is 276 g/mol. The highest BCUT2D eigenvalue weighted by Gasteiger charge is 2.12. The van der Waals surface area contributed by atoms with Gasteiger partial charge >= 0.3 is 0 Å². The molecule has 0 aliphatic rings. The van der Waals surface area contributed by atoms with Crippen LogP contribution in [0.1, 0.15) is 23.2 Å². The minimum absolute atomic E-state index is 0.129. The van der Waals surface area contributed by atoms with Gasteiger partial charge in [0.15, 0.2) is 5.65 Å². The molecule has 1 N–H and O–H groups in total. The molecule has 0 unspecified atom stereocenters. The SMILES string of the molecule is Cc1ccc(-c2cc3nc(C)c(CCC#N)c(=O)n3[nH]2)cc1. The maximum absolute atomic E-state index is 12.5. The van der Waals surface area contributed by atoms with Crippen LogP contribution in [0.5, 0.6) is 0 Å². The zero-order valence-corrected chi connectivity index (χ0v) is 12.6. The number of H-pyrrole nitrogens is 1. The van der Waals surface area contributed by atoms with Gasteiger partial charge in [0, 0.05) is 23.7 Å². The number of hydrogen-bond donors (Lipinski definition) is 1. The monoisotopic (exact) mass is 292 g/mol. The van der Waals surface area contributed by atoms with Crippen LogP contribution in [0, 0.1) is 25.2 Å². The van der Waals surface area contributed by atoms with E-state index in [-0.39, 0.29) is 5.56 Å². The summed E-state index contributed by atoms with van der Waals surface area (Å²) < 4.78 is 1.45. The van der Waals surface area contributed by atoms with E-state index in [1.54, 1.807) is 0 Å². The van der Waals surface area contributed by atoms with Gasteiger partial charge < -0.3 is 0 Å². The first-order valence-corrected chi connectivity index (χ1v) is 7.15. The number of aromatic amines is 1. The van der Waals surface area contributed by atoms with E-state index in [4.69, 9.17) is 5.26 Å². The van der Waals surface area contributed by atoms with Crippen molar-refractivity contribution in [1.29, 1.82) is 5.26 Å². The van der Waals surface area contributed by atoms with Crippen molar-refractivity contribution in [3.8, 4) is 17.3 Å². The van der Waals surface area contributed by atoms with Crippen molar-refractivity contribution in [3.05, 3.63) is 57.5 Å². The van der Waals surface area contributed by atoms with Crippen LogP contribution < -0.4 is 5.56 Å². The molecule has 0 radical (unpaired) electrons. The highest BCUT2D eigenvalue weighted by atomic mass is 16.1. The van der Waals surface area contributed by atoms with Gasteiger partial charge in [0.1, 0.15) is 0 Å². The highest BCUT2D eigenvalue weighted by Crippen LogP contribution is 2.19. The minimum atomic E-state index is -0.129. The smallest absolute Gasteiger partial charge is 0.276 e. The lowest BCUT2D eigenvalue weighted by molar-refractivity contribution is 0.841. The molecule has 0 fully saturated rings. The molecule has 3 rings (SSSR count). The van der Waals surface area contributed by atoms with E-state index in [0.29, 0.717) is 29.7 Å². The van der Waals surface area contributed by atoms with Crippen LogP contribution >= 0.6 is 0 Å². The molecule has 110 valence electrons. The molecule has 0 aliphatic carbocycles. The fraction of sp³-hybridized carbons (Fsp3) is 0.235. The molecule has 0 aliphatic heterocycles. The van der Waals surface area contributed by atoms with Gasteiger partial charge in [-0.25, -0.2) is 9.50 Å². The van der Waals surface area contributed by atoms with Crippen molar-refractivity contribution in [3.63, 3.8) is 0 Å². The highest BCUT2D eigenvalue weighted by molar-refractivity contribution is 5.64. The normalized spacial score (nSPS) is 10.8. The molecule has 0 bridgehead atoms. The summed E-state index contributed by atoms with van der Waals surface area (Å²) in [7, 11) is 0. The maximum Gasteiger partial charge on any atom is 0.276 e. The summed E-state index contributed by atoms with van der Waals surface area (Å²) in [5.74, 6) is 0. The first-order valence-electron chi connectivity index (χ1n) is 7.15. The maximum atomic E-state index is 12.5. The summed E-state index contributed by atoms with van der Waals surface area (Å²) in [4.78, 5) is 17.0. The zero-order valence-electron chi connectivity index (χ0n) is 12.6. The van der Waals surface area contributed by atoms with Gasteiger partial charge in [-0.15, -0.1) is 0 Å². The van der Waals surface area contributed by atoms with Crippen LogP contribution in [-0.2, 0) is 6.42 Å². The molecule has 5 heteroatoms. The summed E-state index contributed by atoms with van der Waals surface area (Å²) >= 11 is 0. The van der Waals surface area contributed by atoms with Gasteiger partial charge in [-0.2, -0.15) is 5.26 Å². The summed E-state index contributed by atoms with van der Waals surface area (Å²) in [6.45, 7) is 3.85. The molecule has 0 amide bonds. The van der Waals surface area contributed by atoms with Gasteiger partial charge in [0.25, 0.3) is 5.56 Å². The number of benzene rings is 1. The Morgan fingerprint density at radius 3 is 2.68 bits per heavy atom. The lowest BCUT2D eigenvalue weighted by Gasteiger charge is -2.02. The number of nitrogens with one attached hydrogen (secondary N) is 1. The second-order valence-corrected chi connectivity index (χ2v) is 5.37. The van der Waals surface area contributed by atoms with Gasteiger partial charge in [-0.05, 0) is 25.8 Å². The van der Waals surface area contributed by atoms with Crippen molar-refractivity contribution >= 4 is 5.65 Å². The number of fused-ring (bicyclic) bond motifs is 1. The summed E-state index contributed by atoms with van der Waals surface area (Å²) in [5.41, 5.74) is 4.79. The van der Waals surface area contributed by atoms with Gasteiger partial charge in [0.05, 0.1) is 11.8 Å². The predicted molar refractivity (Wildman–Crippen MR) is 84.7 cm³/mol. The molecule has 2 heterocycles. The molecule has 0 saturated heterocycles. The lowest BCUT2D eigenvalue weighted by atomic mass is 10.1. The Balaban J connectivity index is 2.14. The standard InChI is InChI=1S/C17H16N4O/c1-11-5-7-13(8-6-11)15-10-16-19-12(2)14(4-3-9-18)17(22)21(16)20-15/h5-8,10,20H,3-4H2,1-2H3. The largest absolute Gasteiger partial charge is 0.289 e. The third-order valence-electron chi connectivity index (χ3n) is 3.76. The first kappa shape index (κ1) is 14.1. The van der Waals surface area contributed by atoms with Gasteiger partial charge in [-0.3, -0.25) is 9.89 Å². The molecular formula is C17H16N4O. The van der Waals surface area contributed by atoms with E-state index in [1.165, 1.54) is 10.1 Å². The Morgan fingerprint density at radius 2 is 2.00 bits per heavy atom. The van der Waals surface area contributed by atoms with Crippen LogP contribution in [0.3, 0.4) is 0 Å². The Hall–Kier alpha value is -2.87. The predicted octanol–water partition coefficient (Wildman–Crippen LogP) is 2.76. The minimum Gasteiger partial charge on any atom is -0.289 e. The third-order valence-corrected chi connectivity index (χ3v) is 3.76. The molecule has 1 aromatic carbocycles. The summed E-state index contributed by atoms with van der Waals surface area (Å²) in [6, 6.07) is 12.0. The molecule has 2 aromatic heterocycles. The van der Waals surface area contributed by atoms with Crippen LogP contribution in [0.4, 0.5) is 0 Å². The van der Waals surface area contributed by atoms with Gasteiger partial charge in [0.2, 0.25) is 0 Å². The number of aromatic nitrogens is 3. The number of nitriles is 1. The molecule has 5 nitrogen and oxygen atoms in total. The first-order chi connectivity index (χ1) is 10.6.